The molecule has 2 aliphatic rings. The number of likely N-dealkylation sites (tertiary alicyclic amines) is 1. The Balaban J connectivity index is 1.30. The predicted octanol–water partition coefficient (Wildman–Crippen LogP) is 3.10. The molecule has 1 atom stereocenters. The van der Waals surface area contributed by atoms with Crippen LogP contribution in [0.1, 0.15) is 28.5 Å². The van der Waals surface area contributed by atoms with Crippen molar-refractivity contribution in [3.8, 4) is 23.0 Å². The van der Waals surface area contributed by atoms with E-state index < -0.39 is 0 Å². The van der Waals surface area contributed by atoms with Crippen molar-refractivity contribution in [2.24, 2.45) is 0 Å². The highest BCUT2D eigenvalue weighted by Gasteiger charge is 2.31. The molecule has 0 saturated carbocycles. The molecule has 1 saturated heterocycles. The summed E-state index contributed by atoms with van der Waals surface area (Å²) < 4.78 is 16.1. The number of amides is 1. The van der Waals surface area contributed by atoms with Gasteiger partial charge in [0.1, 0.15) is 0 Å². The summed E-state index contributed by atoms with van der Waals surface area (Å²) in [4.78, 5) is 19.2. The third kappa shape index (κ3) is 2.91. The number of rotatable bonds is 3. The molecule has 27 heavy (non-hydrogen) atoms. The van der Waals surface area contributed by atoms with E-state index in [2.05, 4.69) is 10.1 Å². The lowest BCUT2D eigenvalue weighted by Gasteiger charge is -2.16. The van der Waals surface area contributed by atoms with Gasteiger partial charge in [0.2, 0.25) is 6.79 Å². The lowest BCUT2D eigenvalue weighted by atomic mass is 10.1. The van der Waals surface area contributed by atoms with Crippen molar-refractivity contribution in [2.45, 2.75) is 12.3 Å². The number of nitrogens with zero attached hydrogens (tertiary/aromatic N) is 3. The van der Waals surface area contributed by atoms with Gasteiger partial charge in [0.25, 0.3) is 11.8 Å². The molecule has 2 aliphatic heterocycles. The quantitative estimate of drug-likeness (QED) is 0.712. The Morgan fingerprint density at radius 2 is 1.93 bits per heavy atom. The van der Waals surface area contributed by atoms with Crippen LogP contribution in [0, 0.1) is 0 Å². The highest BCUT2D eigenvalue weighted by atomic mass is 16.7. The first-order chi connectivity index (χ1) is 13.3. The van der Waals surface area contributed by atoms with Gasteiger partial charge in [-0.15, -0.1) is 0 Å². The minimum atomic E-state index is -0.0254. The summed E-state index contributed by atoms with van der Waals surface area (Å²) >= 11 is 0. The van der Waals surface area contributed by atoms with Crippen molar-refractivity contribution >= 4 is 5.91 Å². The number of benzene rings is 2. The lowest BCUT2D eigenvalue weighted by molar-refractivity contribution is 0.0790. The van der Waals surface area contributed by atoms with Crippen LogP contribution in [-0.4, -0.2) is 40.8 Å². The first-order valence-electron chi connectivity index (χ1n) is 8.86. The summed E-state index contributed by atoms with van der Waals surface area (Å²) in [5.41, 5.74) is 1.49. The molecule has 0 spiro atoms. The van der Waals surface area contributed by atoms with Gasteiger partial charge in [0.15, 0.2) is 17.3 Å². The molecule has 0 radical (unpaired) electrons. The zero-order valence-corrected chi connectivity index (χ0v) is 14.5. The highest BCUT2D eigenvalue weighted by Crippen LogP contribution is 2.34. The zero-order chi connectivity index (χ0) is 18.2. The first kappa shape index (κ1) is 15.9. The molecule has 0 bridgehead atoms. The van der Waals surface area contributed by atoms with E-state index in [1.807, 2.05) is 35.2 Å². The number of aromatic nitrogens is 2. The molecule has 0 aliphatic carbocycles. The van der Waals surface area contributed by atoms with Crippen molar-refractivity contribution < 1.29 is 18.8 Å². The molecule has 1 aromatic heterocycles. The standard InChI is InChI=1S/C20H17N3O4/c24-20(14-6-7-16-17(10-14)26-12-25-16)23-9-8-15(11-23)18-21-19(27-22-18)13-4-2-1-3-5-13/h1-7,10,15H,8-9,11-12H2/t15-/m1/s1. The maximum atomic E-state index is 12.8. The van der Waals surface area contributed by atoms with Gasteiger partial charge in [0.05, 0.1) is 0 Å². The summed E-state index contributed by atoms with van der Waals surface area (Å²) in [5.74, 6) is 2.49. The zero-order valence-electron chi connectivity index (χ0n) is 14.5. The summed E-state index contributed by atoms with van der Waals surface area (Å²) in [7, 11) is 0. The van der Waals surface area contributed by atoms with Gasteiger partial charge in [-0.3, -0.25) is 4.79 Å². The van der Waals surface area contributed by atoms with E-state index in [0.29, 0.717) is 41.9 Å². The van der Waals surface area contributed by atoms with Crippen LogP contribution in [0.25, 0.3) is 11.5 Å². The molecule has 1 fully saturated rings. The van der Waals surface area contributed by atoms with Crippen molar-refractivity contribution in [1.29, 1.82) is 0 Å². The maximum Gasteiger partial charge on any atom is 0.257 e. The number of hydrogen-bond acceptors (Lipinski definition) is 6. The van der Waals surface area contributed by atoms with Crippen molar-refractivity contribution in [2.75, 3.05) is 19.9 Å². The largest absolute Gasteiger partial charge is 0.454 e. The van der Waals surface area contributed by atoms with E-state index in [0.717, 1.165) is 12.0 Å². The average Bonchev–Trinajstić information content (AvgIpc) is 3.47. The van der Waals surface area contributed by atoms with Crippen LogP contribution in [-0.2, 0) is 0 Å². The Kier molecular flexibility index (Phi) is 3.78. The van der Waals surface area contributed by atoms with Crippen molar-refractivity contribution in [3.05, 3.63) is 59.9 Å². The van der Waals surface area contributed by atoms with Crippen LogP contribution in [0.4, 0.5) is 0 Å². The summed E-state index contributed by atoms with van der Waals surface area (Å²) in [6, 6.07) is 14.9. The molecular formula is C20H17N3O4. The van der Waals surface area contributed by atoms with Crippen LogP contribution in [0.5, 0.6) is 11.5 Å². The molecule has 7 heteroatoms. The van der Waals surface area contributed by atoms with E-state index in [-0.39, 0.29) is 18.6 Å². The van der Waals surface area contributed by atoms with Crippen LogP contribution in [0.2, 0.25) is 0 Å². The summed E-state index contributed by atoms with van der Waals surface area (Å²) in [6.45, 7) is 1.43. The molecule has 3 aromatic rings. The predicted molar refractivity (Wildman–Crippen MR) is 95.6 cm³/mol. The van der Waals surface area contributed by atoms with E-state index >= 15 is 0 Å². The third-order valence-electron chi connectivity index (χ3n) is 4.92. The summed E-state index contributed by atoms with van der Waals surface area (Å²) in [6.07, 6.45) is 0.810. The van der Waals surface area contributed by atoms with E-state index in [9.17, 15) is 4.79 Å². The van der Waals surface area contributed by atoms with Crippen LogP contribution < -0.4 is 9.47 Å². The molecule has 5 rings (SSSR count). The van der Waals surface area contributed by atoms with Gasteiger partial charge in [0, 0.05) is 30.1 Å². The van der Waals surface area contributed by atoms with Gasteiger partial charge in [-0.1, -0.05) is 23.4 Å². The Hall–Kier alpha value is -3.35. The highest BCUT2D eigenvalue weighted by molar-refractivity contribution is 5.95. The molecule has 0 N–H and O–H groups in total. The number of carbonyl (C=O) groups excluding carboxylic acids is 1. The van der Waals surface area contributed by atoms with Gasteiger partial charge in [-0.05, 0) is 36.8 Å². The Labute approximate surface area is 155 Å². The van der Waals surface area contributed by atoms with Crippen LogP contribution >= 0.6 is 0 Å². The Morgan fingerprint density at radius 3 is 2.81 bits per heavy atom. The minimum Gasteiger partial charge on any atom is -0.454 e. The topological polar surface area (TPSA) is 77.7 Å². The van der Waals surface area contributed by atoms with Crippen molar-refractivity contribution in [1.82, 2.24) is 15.0 Å². The monoisotopic (exact) mass is 363 g/mol. The molecular weight excluding hydrogens is 346 g/mol. The normalized spacial score (nSPS) is 18.1. The van der Waals surface area contributed by atoms with Crippen molar-refractivity contribution in [3.63, 3.8) is 0 Å². The number of fused-ring (bicyclic) bond motifs is 1. The van der Waals surface area contributed by atoms with E-state index in [4.69, 9.17) is 14.0 Å². The first-order valence-corrected chi connectivity index (χ1v) is 8.86. The Morgan fingerprint density at radius 1 is 1.07 bits per heavy atom. The molecule has 7 nitrogen and oxygen atoms in total. The van der Waals surface area contributed by atoms with E-state index in [1.54, 1.807) is 18.2 Å². The fourth-order valence-electron chi connectivity index (χ4n) is 3.47. The average molecular weight is 363 g/mol. The smallest absolute Gasteiger partial charge is 0.257 e. The second-order valence-electron chi connectivity index (χ2n) is 6.63. The SMILES string of the molecule is O=C(c1ccc2c(c1)OCO2)N1CC[C@@H](c2noc(-c3ccccc3)n2)C1. The van der Waals surface area contributed by atoms with E-state index in [1.165, 1.54) is 0 Å². The molecule has 1 amide bonds. The van der Waals surface area contributed by atoms with Gasteiger partial charge < -0.3 is 18.9 Å². The van der Waals surface area contributed by atoms with Gasteiger partial charge in [-0.2, -0.15) is 4.98 Å². The number of carbonyl (C=O) groups is 1. The molecule has 2 aromatic carbocycles. The second kappa shape index (κ2) is 6.42. The fraction of sp³-hybridized carbons (Fsp3) is 0.250. The van der Waals surface area contributed by atoms with Crippen LogP contribution in [0.15, 0.2) is 53.1 Å². The number of ether oxygens (including phenoxy) is 2. The number of hydrogen-bond donors (Lipinski definition) is 0. The minimum absolute atomic E-state index is 0.0254. The summed E-state index contributed by atoms with van der Waals surface area (Å²) in [5, 5.41) is 4.13. The fourth-order valence-corrected chi connectivity index (χ4v) is 3.47. The molecule has 0 unspecified atom stereocenters. The van der Waals surface area contributed by atoms with Gasteiger partial charge in [-0.25, -0.2) is 0 Å². The Bertz CT molecular complexity index is 986. The third-order valence-corrected chi connectivity index (χ3v) is 4.92. The molecule has 136 valence electrons. The van der Waals surface area contributed by atoms with Crippen LogP contribution in [0.3, 0.4) is 0 Å². The van der Waals surface area contributed by atoms with Gasteiger partial charge >= 0.3 is 0 Å². The maximum absolute atomic E-state index is 12.8. The lowest BCUT2D eigenvalue weighted by Crippen LogP contribution is -2.28. The second-order valence-corrected chi connectivity index (χ2v) is 6.63. The molecule has 3 heterocycles.